The molecule has 0 fully saturated rings. The molecule has 1 aromatic rings. The Balaban J connectivity index is 2.28. The fourth-order valence-corrected chi connectivity index (χ4v) is 2.02. The molecule has 0 bridgehead atoms. The van der Waals surface area contributed by atoms with Crippen molar-refractivity contribution in [2.45, 2.75) is 26.2 Å². The van der Waals surface area contributed by atoms with Gasteiger partial charge in [0, 0.05) is 25.1 Å². The molecule has 0 radical (unpaired) electrons. The molecule has 0 aromatic heterocycles. The number of Topliss-reactive ketones (excluding diaryl/α,β-unsaturated/α-hetero) is 1. The molecule has 2 rings (SSSR count). The van der Waals surface area contributed by atoms with Crippen LogP contribution in [-0.4, -0.2) is 18.2 Å². The maximum Gasteiger partial charge on any atom is 0.227 e. The van der Waals surface area contributed by atoms with Gasteiger partial charge in [-0.05, 0) is 31.0 Å². The monoisotopic (exact) mass is 235 g/mol. The summed E-state index contributed by atoms with van der Waals surface area (Å²) in [4.78, 5) is 24.3. The molecule has 90 valence electrons. The molecule has 0 saturated heterocycles. The first kappa shape index (κ1) is 11.8. The highest BCUT2D eigenvalue weighted by Gasteiger charge is 2.24. The molecular weight excluding hydrogens is 221 g/mol. The number of carbonyl (C=O) groups excluding carboxylic acids is 2. The highest BCUT2D eigenvalue weighted by Crippen LogP contribution is 2.28. The van der Waals surface area contributed by atoms with Gasteiger partial charge in [0.25, 0.3) is 0 Å². The zero-order chi connectivity index (χ0) is 12.4. The van der Waals surface area contributed by atoms with Gasteiger partial charge in [-0.15, -0.1) is 0 Å². The summed E-state index contributed by atoms with van der Waals surface area (Å²) >= 11 is 0. The van der Waals surface area contributed by atoms with Crippen LogP contribution in [0, 0.1) is 5.82 Å². The van der Waals surface area contributed by atoms with E-state index in [0.29, 0.717) is 31.5 Å². The van der Waals surface area contributed by atoms with Gasteiger partial charge in [0.05, 0.1) is 0 Å². The Bertz CT molecular complexity index is 470. The summed E-state index contributed by atoms with van der Waals surface area (Å²) in [5, 5.41) is 0. The fourth-order valence-electron chi connectivity index (χ4n) is 2.02. The van der Waals surface area contributed by atoms with Gasteiger partial charge in [0.15, 0.2) is 0 Å². The largest absolute Gasteiger partial charge is 0.312 e. The van der Waals surface area contributed by atoms with E-state index in [1.54, 1.807) is 6.07 Å². The molecule has 3 nitrogen and oxygen atoms in total. The van der Waals surface area contributed by atoms with Gasteiger partial charge < -0.3 is 4.90 Å². The molecule has 1 aliphatic rings. The Hall–Kier alpha value is -1.71. The molecule has 0 saturated carbocycles. The first-order valence-corrected chi connectivity index (χ1v) is 5.66. The summed E-state index contributed by atoms with van der Waals surface area (Å²) in [6.45, 7) is 1.82. The first-order chi connectivity index (χ1) is 8.08. The normalized spacial score (nSPS) is 14.7. The predicted molar refractivity (Wildman–Crippen MR) is 62.4 cm³/mol. The van der Waals surface area contributed by atoms with Crippen molar-refractivity contribution >= 4 is 17.4 Å². The SMILES string of the molecule is CC(=O)CCN1C(=O)CCc2ccc(F)cc21. The smallest absolute Gasteiger partial charge is 0.227 e. The van der Waals surface area contributed by atoms with Crippen LogP contribution < -0.4 is 4.90 Å². The Morgan fingerprint density at radius 3 is 2.88 bits per heavy atom. The maximum absolute atomic E-state index is 13.2. The van der Waals surface area contributed by atoms with Crippen LogP contribution in [0.25, 0.3) is 0 Å². The summed E-state index contributed by atoms with van der Waals surface area (Å²) in [6, 6.07) is 4.47. The van der Waals surface area contributed by atoms with Crippen LogP contribution in [0.5, 0.6) is 0 Å². The van der Waals surface area contributed by atoms with Crippen molar-refractivity contribution in [3.63, 3.8) is 0 Å². The third-order valence-electron chi connectivity index (χ3n) is 2.93. The van der Waals surface area contributed by atoms with Crippen molar-refractivity contribution in [3.8, 4) is 0 Å². The average Bonchev–Trinajstić information content (AvgIpc) is 2.27. The third kappa shape index (κ3) is 2.52. The predicted octanol–water partition coefficient (Wildman–Crippen LogP) is 2.08. The van der Waals surface area contributed by atoms with Crippen LogP contribution in [0.4, 0.5) is 10.1 Å². The Kier molecular flexibility index (Phi) is 3.22. The third-order valence-corrected chi connectivity index (χ3v) is 2.93. The van der Waals surface area contributed by atoms with Crippen LogP contribution in [-0.2, 0) is 16.0 Å². The number of halogens is 1. The molecule has 0 atom stereocenters. The van der Waals surface area contributed by atoms with E-state index in [4.69, 9.17) is 0 Å². The second kappa shape index (κ2) is 4.65. The Morgan fingerprint density at radius 1 is 1.41 bits per heavy atom. The number of rotatable bonds is 3. The number of amides is 1. The van der Waals surface area contributed by atoms with E-state index >= 15 is 0 Å². The van der Waals surface area contributed by atoms with E-state index in [9.17, 15) is 14.0 Å². The molecule has 0 aliphatic carbocycles. The number of anilines is 1. The lowest BCUT2D eigenvalue weighted by Crippen LogP contribution is -2.36. The first-order valence-electron chi connectivity index (χ1n) is 5.66. The summed E-state index contributed by atoms with van der Waals surface area (Å²) in [7, 11) is 0. The number of fused-ring (bicyclic) bond motifs is 1. The number of benzene rings is 1. The van der Waals surface area contributed by atoms with Crippen LogP contribution in [0.1, 0.15) is 25.3 Å². The van der Waals surface area contributed by atoms with Crippen molar-refractivity contribution in [2.75, 3.05) is 11.4 Å². The van der Waals surface area contributed by atoms with Gasteiger partial charge in [-0.2, -0.15) is 0 Å². The number of ketones is 1. The van der Waals surface area contributed by atoms with Crippen LogP contribution in [0.3, 0.4) is 0 Å². The van der Waals surface area contributed by atoms with Crippen molar-refractivity contribution in [1.82, 2.24) is 0 Å². The van der Waals surface area contributed by atoms with Crippen molar-refractivity contribution < 1.29 is 14.0 Å². The Morgan fingerprint density at radius 2 is 2.18 bits per heavy atom. The minimum absolute atomic E-state index is 0.0290. The summed E-state index contributed by atoms with van der Waals surface area (Å²) in [5.74, 6) is -0.364. The summed E-state index contributed by atoms with van der Waals surface area (Å²) < 4.78 is 13.2. The molecule has 1 aliphatic heterocycles. The standard InChI is InChI=1S/C13H14FNO2/c1-9(16)6-7-15-12-8-11(14)4-2-10(12)3-5-13(15)17/h2,4,8H,3,5-7H2,1H3. The summed E-state index contributed by atoms with van der Waals surface area (Å²) in [6.07, 6.45) is 1.38. The second-order valence-electron chi connectivity index (χ2n) is 4.27. The molecule has 0 N–H and O–H groups in total. The van der Waals surface area contributed by atoms with Crippen LogP contribution in [0.2, 0.25) is 0 Å². The molecule has 1 amide bonds. The number of hydrogen-bond donors (Lipinski definition) is 0. The maximum atomic E-state index is 13.2. The van der Waals surface area contributed by atoms with E-state index in [-0.39, 0.29) is 17.5 Å². The zero-order valence-electron chi connectivity index (χ0n) is 9.70. The van der Waals surface area contributed by atoms with E-state index in [1.807, 2.05) is 0 Å². The minimum Gasteiger partial charge on any atom is -0.312 e. The van der Waals surface area contributed by atoms with Gasteiger partial charge in [0.2, 0.25) is 5.91 Å². The summed E-state index contributed by atoms with van der Waals surface area (Å²) in [5.41, 5.74) is 1.58. The van der Waals surface area contributed by atoms with Crippen LogP contribution in [0.15, 0.2) is 18.2 Å². The van der Waals surface area contributed by atoms with Gasteiger partial charge in [-0.25, -0.2) is 4.39 Å². The second-order valence-corrected chi connectivity index (χ2v) is 4.27. The molecule has 4 heteroatoms. The quantitative estimate of drug-likeness (QED) is 0.804. The Labute approximate surface area is 99.2 Å². The molecule has 1 aromatic carbocycles. The van der Waals surface area contributed by atoms with Crippen molar-refractivity contribution in [2.24, 2.45) is 0 Å². The van der Waals surface area contributed by atoms with Crippen molar-refractivity contribution in [3.05, 3.63) is 29.6 Å². The number of hydrogen-bond acceptors (Lipinski definition) is 2. The molecule has 1 heterocycles. The molecular formula is C13H14FNO2. The van der Waals surface area contributed by atoms with Gasteiger partial charge in [-0.3, -0.25) is 9.59 Å². The van der Waals surface area contributed by atoms with Gasteiger partial charge in [0.1, 0.15) is 11.6 Å². The topological polar surface area (TPSA) is 37.4 Å². The number of nitrogens with zero attached hydrogens (tertiary/aromatic N) is 1. The van der Waals surface area contributed by atoms with Crippen molar-refractivity contribution in [1.29, 1.82) is 0 Å². The lowest BCUT2D eigenvalue weighted by atomic mass is 10.0. The number of carbonyl (C=O) groups is 2. The lowest BCUT2D eigenvalue weighted by Gasteiger charge is -2.29. The molecule has 17 heavy (non-hydrogen) atoms. The van der Waals surface area contributed by atoms with E-state index < -0.39 is 0 Å². The van der Waals surface area contributed by atoms with Gasteiger partial charge in [-0.1, -0.05) is 6.07 Å². The highest BCUT2D eigenvalue weighted by molar-refractivity contribution is 5.97. The van der Waals surface area contributed by atoms with E-state index in [1.165, 1.54) is 24.0 Å². The van der Waals surface area contributed by atoms with Gasteiger partial charge >= 0.3 is 0 Å². The van der Waals surface area contributed by atoms with Crippen LogP contribution >= 0.6 is 0 Å². The average molecular weight is 235 g/mol. The minimum atomic E-state index is -0.355. The van der Waals surface area contributed by atoms with E-state index in [0.717, 1.165) is 5.56 Å². The highest BCUT2D eigenvalue weighted by atomic mass is 19.1. The lowest BCUT2D eigenvalue weighted by molar-refractivity contribution is -0.119. The number of aryl methyl sites for hydroxylation is 1. The van der Waals surface area contributed by atoms with E-state index in [2.05, 4.69) is 0 Å². The molecule has 0 unspecified atom stereocenters. The fraction of sp³-hybridized carbons (Fsp3) is 0.385. The zero-order valence-corrected chi connectivity index (χ0v) is 9.70. The molecule has 0 spiro atoms.